The molecule has 2 heterocycles. The first kappa shape index (κ1) is 7.50. The SMILES string of the molecule is Brc1nc(C2CC2)n2ncccc12. The molecule has 0 amide bonds. The molecule has 66 valence electrons. The van der Waals surface area contributed by atoms with Gasteiger partial charge in [0.1, 0.15) is 10.4 Å². The minimum atomic E-state index is 0.633. The van der Waals surface area contributed by atoms with Gasteiger partial charge in [-0.15, -0.1) is 0 Å². The summed E-state index contributed by atoms with van der Waals surface area (Å²) in [6, 6.07) is 3.95. The third kappa shape index (κ3) is 1.09. The molecule has 0 N–H and O–H groups in total. The van der Waals surface area contributed by atoms with Crippen LogP contribution in [0.25, 0.3) is 5.52 Å². The number of hydrogen-bond donors (Lipinski definition) is 0. The molecule has 13 heavy (non-hydrogen) atoms. The van der Waals surface area contributed by atoms with Gasteiger partial charge in [0.05, 0.1) is 5.52 Å². The van der Waals surface area contributed by atoms with E-state index in [-0.39, 0.29) is 0 Å². The number of fused-ring (bicyclic) bond motifs is 1. The molecular weight excluding hydrogens is 230 g/mol. The van der Waals surface area contributed by atoms with Crippen molar-refractivity contribution >= 4 is 21.4 Å². The number of aromatic nitrogens is 3. The molecule has 0 bridgehead atoms. The van der Waals surface area contributed by atoms with Crippen LogP contribution >= 0.6 is 15.9 Å². The zero-order chi connectivity index (χ0) is 8.84. The average molecular weight is 238 g/mol. The van der Waals surface area contributed by atoms with Gasteiger partial charge >= 0.3 is 0 Å². The van der Waals surface area contributed by atoms with Crippen molar-refractivity contribution in [2.75, 3.05) is 0 Å². The summed E-state index contributed by atoms with van der Waals surface area (Å²) in [6.45, 7) is 0. The summed E-state index contributed by atoms with van der Waals surface area (Å²) in [6.07, 6.45) is 4.30. The van der Waals surface area contributed by atoms with Crippen molar-refractivity contribution in [2.24, 2.45) is 0 Å². The van der Waals surface area contributed by atoms with E-state index in [1.165, 1.54) is 12.8 Å². The van der Waals surface area contributed by atoms with Crippen molar-refractivity contribution in [1.29, 1.82) is 0 Å². The normalized spacial score (nSPS) is 16.7. The van der Waals surface area contributed by atoms with Crippen LogP contribution < -0.4 is 0 Å². The summed E-state index contributed by atoms with van der Waals surface area (Å²) >= 11 is 3.44. The maximum atomic E-state index is 4.47. The molecule has 0 atom stereocenters. The van der Waals surface area contributed by atoms with Gasteiger partial charge in [0.2, 0.25) is 0 Å². The Labute approximate surface area is 83.9 Å². The quantitative estimate of drug-likeness (QED) is 0.763. The first-order valence-corrected chi connectivity index (χ1v) is 5.15. The van der Waals surface area contributed by atoms with E-state index in [0.717, 1.165) is 15.9 Å². The molecule has 0 spiro atoms. The highest BCUT2D eigenvalue weighted by atomic mass is 79.9. The predicted octanol–water partition coefficient (Wildman–Crippen LogP) is 2.37. The standard InChI is InChI=1S/C9H8BrN3/c10-8-7-2-1-5-11-13(7)9(12-8)6-3-4-6/h1-2,5-6H,3-4H2. The largest absolute Gasteiger partial charge is 0.223 e. The lowest BCUT2D eigenvalue weighted by Crippen LogP contribution is -1.95. The first-order chi connectivity index (χ1) is 6.36. The summed E-state index contributed by atoms with van der Waals surface area (Å²) in [5.74, 6) is 1.73. The van der Waals surface area contributed by atoms with Crippen molar-refractivity contribution in [2.45, 2.75) is 18.8 Å². The van der Waals surface area contributed by atoms with Gasteiger partial charge in [-0.05, 0) is 40.9 Å². The Balaban J connectivity index is 2.34. The Hall–Kier alpha value is -0.900. The van der Waals surface area contributed by atoms with Gasteiger partial charge in [-0.1, -0.05) is 0 Å². The molecule has 1 aliphatic rings. The molecule has 3 rings (SSSR count). The molecule has 0 aliphatic heterocycles. The average Bonchev–Trinajstić information content (AvgIpc) is 2.94. The van der Waals surface area contributed by atoms with E-state index >= 15 is 0 Å². The number of hydrogen-bond acceptors (Lipinski definition) is 2. The Morgan fingerprint density at radius 1 is 1.46 bits per heavy atom. The summed E-state index contributed by atoms with van der Waals surface area (Å²) < 4.78 is 2.84. The Morgan fingerprint density at radius 3 is 3.08 bits per heavy atom. The lowest BCUT2D eigenvalue weighted by molar-refractivity contribution is 0.819. The van der Waals surface area contributed by atoms with Crippen LogP contribution in [0.5, 0.6) is 0 Å². The van der Waals surface area contributed by atoms with Crippen LogP contribution in [0.2, 0.25) is 0 Å². The molecular formula is C9H8BrN3. The van der Waals surface area contributed by atoms with Crippen LogP contribution in [0, 0.1) is 0 Å². The van der Waals surface area contributed by atoms with Crippen LogP contribution in [0.1, 0.15) is 24.6 Å². The molecule has 0 unspecified atom stereocenters. The number of imidazole rings is 1. The summed E-state index contributed by atoms with van der Waals surface area (Å²) in [5, 5.41) is 4.29. The molecule has 0 aromatic carbocycles. The summed E-state index contributed by atoms with van der Waals surface area (Å²) in [7, 11) is 0. The third-order valence-electron chi connectivity index (χ3n) is 2.33. The highest BCUT2D eigenvalue weighted by Gasteiger charge is 2.29. The van der Waals surface area contributed by atoms with Crippen molar-refractivity contribution in [3.05, 3.63) is 28.8 Å². The predicted molar refractivity (Wildman–Crippen MR) is 52.7 cm³/mol. The third-order valence-corrected chi connectivity index (χ3v) is 2.92. The fourth-order valence-corrected chi connectivity index (χ4v) is 2.00. The molecule has 2 aromatic heterocycles. The van der Waals surface area contributed by atoms with Gasteiger partial charge in [-0.3, -0.25) is 0 Å². The molecule has 2 aromatic rings. The van der Waals surface area contributed by atoms with Gasteiger partial charge in [0.15, 0.2) is 0 Å². The van der Waals surface area contributed by atoms with Gasteiger partial charge in [0.25, 0.3) is 0 Å². The lowest BCUT2D eigenvalue weighted by Gasteiger charge is -1.94. The Morgan fingerprint density at radius 2 is 2.31 bits per heavy atom. The number of nitrogens with zero attached hydrogens (tertiary/aromatic N) is 3. The Bertz CT molecular complexity index is 459. The second kappa shape index (κ2) is 2.54. The number of rotatable bonds is 1. The van der Waals surface area contributed by atoms with Crippen LogP contribution in [0.4, 0.5) is 0 Å². The zero-order valence-electron chi connectivity index (χ0n) is 6.94. The van der Waals surface area contributed by atoms with Crippen molar-refractivity contribution < 1.29 is 0 Å². The van der Waals surface area contributed by atoms with Crippen molar-refractivity contribution in [1.82, 2.24) is 14.6 Å². The maximum absolute atomic E-state index is 4.47. The topological polar surface area (TPSA) is 30.2 Å². The maximum Gasteiger partial charge on any atom is 0.135 e. The number of halogens is 1. The van der Waals surface area contributed by atoms with Gasteiger partial charge in [-0.25, -0.2) is 9.50 Å². The smallest absolute Gasteiger partial charge is 0.135 e. The van der Waals surface area contributed by atoms with E-state index in [4.69, 9.17) is 0 Å². The zero-order valence-corrected chi connectivity index (χ0v) is 8.53. The van der Waals surface area contributed by atoms with Gasteiger partial charge in [0, 0.05) is 12.1 Å². The minimum absolute atomic E-state index is 0.633. The van der Waals surface area contributed by atoms with Crippen LogP contribution in [0.15, 0.2) is 22.9 Å². The first-order valence-electron chi connectivity index (χ1n) is 4.35. The van der Waals surface area contributed by atoms with Crippen molar-refractivity contribution in [3.63, 3.8) is 0 Å². The molecule has 0 radical (unpaired) electrons. The van der Waals surface area contributed by atoms with E-state index < -0.39 is 0 Å². The molecule has 1 saturated carbocycles. The molecule has 0 saturated heterocycles. The van der Waals surface area contributed by atoms with E-state index in [1.54, 1.807) is 6.20 Å². The Kier molecular flexibility index (Phi) is 1.47. The van der Waals surface area contributed by atoms with E-state index in [2.05, 4.69) is 26.0 Å². The van der Waals surface area contributed by atoms with Gasteiger partial charge < -0.3 is 0 Å². The molecule has 4 heteroatoms. The fraction of sp³-hybridized carbons (Fsp3) is 0.333. The van der Waals surface area contributed by atoms with Crippen LogP contribution in [-0.4, -0.2) is 14.6 Å². The van der Waals surface area contributed by atoms with Crippen LogP contribution in [0.3, 0.4) is 0 Å². The van der Waals surface area contributed by atoms with Crippen molar-refractivity contribution in [3.8, 4) is 0 Å². The fourth-order valence-electron chi connectivity index (χ4n) is 1.52. The lowest BCUT2D eigenvalue weighted by atomic mass is 10.4. The van der Waals surface area contributed by atoms with Gasteiger partial charge in [-0.2, -0.15) is 5.10 Å². The summed E-state index contributed by atoms with van der Waals surface area (Å²) in [4.78, 5) is 4.47. The highest BCUT2D eigenvalue weighted by Crippen LogP contribution is 2.40. The van der Waals surface area contributed by atoms with E-state index in [0.29, 0.717) is 5.92 Å². The molecule has 1 aliphatic carbocycles. The molecule has 1 fully saturated rings. The second-order valence-electron chi connectivity index (χ2n) is 3.36. The van der Waals surface area contributed by atoms with E-state index in [1.807, 2.05) is 16.6 Å². The second-order valence-corrected chi connectivity index (χ2v) is 4.11. The van der Waals surface area contributed by atoms with Crippen LogP contribution in [-0.2, 0) is 0 Å². The minimum Gasteiger partial charge on any atom is -0.223 e. The highest BCUT2D eigenvalue weighted by molar-refractivity contribution is 9.10. The molecule has 3 nitrogen and oxygen atoms in total. The monoisotopic (exact) mass is 237 g/mol. The summed E-state index contributed by atoms with van der Waals surface area (Å²) in [5.41, 5.74) is 1.06. The van der Waals surface area contributed by atoms with E-state index in [9.17, 15) is 0 Å².